The maximum absolute atomic E-state index is 13.0. The number of rotatable bonds is 10. The number of aldehydes is 1. The van der Waals surface area contributed by atoms with Crippen LogP contribution in [-0.2, 0) is 24.0 Å². The number of nitrogens with one attached hydrogen (secondary N) is 3. The summed E-state index contributed by atoms with van der Waals surface area (Å²) in [4.78, 5) is 63.9. The molecule has 12 nitrogen and oxygen atoms in total. The third-order valence-electron chi connectivity index (χ3n) is 5.23. The number of allylic oxidation sites excluding steroid dienone is 1. The number of ketones is 2. The van der Waals surface area contributed by atoms with Gasteiger partial charge in [-0.2, -0.15) is 11.8 Å². The second-order valence-corrected chi connectivity index (χ2v) is 8.88. The fraction of sp³-hybridized carbons (Fsp3) is 0.667. The molecule has 1 heterocycles. The standard InChI is InChI=1S/C21H36N6O6S/c1-13(29)17(23)19(32)18-21(33)27(12-22)8-5-3-4-6-16(31)26-20(15(30)10-24-18)25-14(11-28)7-9-34-2/h3,5,11,13-14,17-18,20,24-25,29H,4,6-10,12,22-23H2,1-2H3,(H,26,31)/b5-3+/t13-,14+,17-,18-,20+/m0/s1. The Morgan fingerprint density at radius 2 is 2.09 bits per heavy atom. The molecule has 1 aliphatic heterocycles. The van der Waals surface area contributed by atoms with E-state index in [1.165, 1.54) is 23.6 Å². The van der Waals surface area contributed by atoms with Crippen molar-refractivity contribution >= 4 is 41.4 Å². The molecule has 0 aliphatic carbocycles. The average Bonchev–Trinajstić information content (AvgIpc) is 2.81. The lowest BCUT2D eigenvalue weighted by molar-refractivity contribution is -0.139. The summed E-state index contributed by atoms with van der Waals surface area (Å²) < 4.78 is 0. The van der Waals surface area contributed by atoms with Gasteiger partial charge < -0.3 is 31.6 Å². The van der Waals surface area contributed by atoms with Crippen LogP contribution in [0.3, 0.4) is 0 Å². The van der Waals surface area contributed by atoms with Crippen molar-refractivity contribution in [3.63, 3.8) is 0 Å². The summed E-state index contributed by atoms with van der Waals surface area (Å²) in [6, 6.07) is -3.59. The summed E-state index contributed by atoms with van der Waals surface area (Å²) in [5.74, 6) is -1.84. The molecule has 8 N–H and O–H groups in total. The number of hydrogen-bond donors (Lipinski definition) is 6. The van der Waals surface area contributed by atoms with E-state index < -0.39 is 60.3 Å². The molecular weight excluding hydrogens is 464 g/mol. The Kier molecular flexibility index (Phi) is 13.8. The predicted octanol–water partition coefficient (Wildman–Crippen LogP) is -2.76. The second kappa shape index (κ2) is 15.7. The maximum Gasteiger partial charge on any atom is 0.248 e. The van der Waals surface area contributed by atoms with Crippen LogP contribution in [0.25, 0.3) is 0 Å². The van der Waals surface area contributed by atoms with Crippen molar-refractivity contribution in [2.75, 3.05) is 31.8 Å². The Bertz CT molecular complexity index is 749. The fourth-order valence-electron chi connectivity index (χ4n) is 3.11. The molecule has 2 amide bonds. The molecule has 192 valence electrons. The van der Waals surface area contributed by atoms with Gasteiger partial charge in [-0.15, -0.1) is 0 Å². The number of thioether (sulfide) groups is 1. The molecule has 0 aromatic carbocycles. The minimum Gasteiger partial charge on any atom is -0.391 e. The molecular formula is C21H36N6O6S. The minimum absolute atomic E-state index is 0.0842. The van der Waals surface area contributed by atoms with Crippen LogP contribution in [0, 0.1) is 0 Å². The van der Waals surface area contributed by atoms with Crippen LogP contribution in [-0.4, -0.2) is 102 Å². The number of hydrogen-bond acceptors (Lipinski definition) is 11. The van der Waals surface area contributed by atoms with E-state index in [0.29, 0.717) is 24.9 Å². The highest BCUT2D eigenvalue weighted by atomic mass is 32.2. The molecule has 0 saturated heterocycles. The number of carbonyl (C=O) groups excluding carboxylic acids is 5. The summed E-state index contributed by atoms with van der Waals surface area (Å²) in [5.41, 5.74) is 11.4. The normalized spacial score (nSPS) is 24.5. The van der Waals surface area contributed by atoms with Gasteiger partial charge in [0.05, 0.1) is 31.4 Å². The zero-order valence-electron chi connectivity index (χ0n) is 19.6. The lowest BCUT2D eigenvalue weighted by Crippen LogP contribution is -2.61. The second-order valence-electron chi connectivity index (χ2n) is 7.89. The number of amides is 2. The van der Waals surface area contributed by atoms with Gasteiger partial charge >= 0.3 is 0 Å². The molecule has 0 aromatic heterocycles. The largest absolute Gasteiger partial charge is 0.391 e. The highest BCUT2D eigenvalue weighted by Gasteiger charge is 2.36. The zero-order chi connectivity index (χ0) is 25.7. The smallest absolute Gasteiger partial charge is 0.248 e. The van der Waals surface area contributed by atoms with Crippen LogP contribution in [0.4, 0.5) is 0 Å². The molecule has 0 bridgehead atoms. The van der Waals surface area contributed by atoms with E-state index in [1.54, 1.807) is 12.2 Å². The first-order chi connectivity index (χ1) is 16.2. The van der Waals surface area contributed by atoms with E-state index in [-0.39, 0.29) is 19.6 Å². The Balaban J connectivity index is 3.21. The van der Waals surface area contributed by atoms with Crippen molar-refractivity contribution in [3.8, 4) is 0 Å². The summed E-state index contributed by atoms with van der Waals surface area (Å²) >= 11 is 1.53. The molecule has 5 atom stereocenters. The molecule has 0 fully saturated rings. The molecule has 0 spiro atoms. The minimum atomic E-state index is -1.54. The monoisotopic (exact) mass is 500 g/mol. The van der Waals surface area contributed by atoms with Crippen LogP contribution < -0.4 is 27.4 Å². The Labute approximate surface area is 203 Å². The molecule has 1 aliphatic rings. The maximum atomic E-state index is 13.0. The van der Waals surface area contributed by atoms with E-state index in [2.05, 4.69) is 16.0 Å². The lowest BCUT2D eigenvalue weighted by atomic mass is 10.00. The quantitative estimate of drug-likeness (QED) is 0.103. The lowest BCUT2D eigenvalue weighted by Gasteiger charge is -2.28. The first kappa shape index (κ1) is 29.9. The molecule has 0 aromatic rings. The molecule has 0 radical (unpaired) electrons. The Morgan fingerprint density at radius 3 is 2.68 bits per heavy atom. The number of aliphatic hydroxyl groups excluding tert-OH is 1. The van der Waals surface area contributed by atoms with E-state index >= 15 is 0 Å². The van der Waals surface area contributed by atoms with Crippen molar-refractivity contribution in [2.24, 2.45) is 11.5 Å². The van der Waals surface area contributed by atoms with Crippen LogP contribution in [0.5, 0.6) is 0 Å². The first-order valence-corrected chi connectivity index (χ1v) is 12.4. The van der Waals surface area contributed by atoms with Gasteiger partial charge in [0, 0.05) is 13.0 Å². The van der Waals surface area contributed by atoms with Crippen molar-refractivity contribution < 1.29 is 29.1 Å². The SMILES string of the molecule is CSCC[C@H](C=O)N[C@@H]1NC(=O)CC/C=C/CN(CN)C(=O)[C@H](C(=O)[C@@H](N)[C@H](C)O)NCC1=O. The van der Waals surface area contributed by atoms with Gasteiger partial charge in [0.25, 0.3) is 0 Å². The topological polar surface area (TPSA) is 197 Å². The average molecular weight is 501 g/mol. The molecule has 1 rings (SSSR count). The van der Waals surface area contributed by atoms with E-state index in [0.717, 1.165) is 0 Å². The number of nitrogens with zero attached hydrogens (tertiary/aromatic N) is 1. The molecule has 0 unspecified atom stereocenters. The Morgan fingerprint density at radius 1 is 1.38 bits per heavy atom. The van der Waals surface area contributed by atoms with Crippen LogP contribution in [0.1, 0.15) is 26.2 Å². The van der Waals surface area contributed by atoms with Gasteiger partial charge in [-0.1, -0.05) is 12.2 Å². The number of carbonyl (C=O) groups is 5. The third kappa shape index (κ3) is 9.60. The van der Waals surface area contributed by atoms with Gasteiger partial charge in [0.1, 0.15) is 18.5 Å². The highest BCUT2D eigenvalue weighted by molar-refractivity contribution is 7.98. The van der Waals surface area contributed by atoms with Crippen molar-refractivity contribution in [1.82, 2.24) is 20.9 Å². The van der Waals surface area contributed by atoms with E-state index in [1.807, 2.05) is 6.26 Å². The molecule has 13 heteroatoms. The van der Waals surface area contributed by atoms with Gasteiger partial charge in [-0.3, -0.25) is 29.8 Å². The van der Waals surface area contributed by atoms with Crippen LogP contribution >= 0.6 is 11.8 Å². The number of nitrogens with two attached hydrogens (primary N) is 2. The first-order valence-electron chi connectivity index (χ1n) is 11.0. The zero-order valence-corrected chi connectivity index (χ0v) is 20.4. The summed E-state index contributed by atoms with van der Waals surface area (Å²) in [7, 11) is 0. The van der Waals surface area contributed by atoms with Crippen molar-refractivity contribution in [1.29, 1.82) is 0 Å². The van der Waals surface area contributed by atoms with Gasteiger partial charge in [-0.25, -0.2) is 0 Å². The van der Waals surface area contributed by atoms with Gasteiger partial charge in [0.2, 0.25) is 11.8 Å². The third-order valence-corrected chi connectivity index (χ3v) is 5.87. The highest BCUT2D eigenvalue weighted by Crippen LogP contribution is 2.05. The van der Waals surface area contributed by atoms with E-state index in [9.17, 15) is 29.1 Å². The summed E-state index contributed by atoms with van der Waals surface area (Å²) in [5, 5.41) is 17.7. The predicted molar refractivity (Wildman–Crippen MR) is 129 cm³/mol. The summed E-state index contributed by atoms with van der Waals surface area (Å²) in [6.45, 7) is 0.706. The van der Waals surface area contributed by atoms with Crippen molar-refractivity contribution in [3.05, 3.63) is 12.2 Å². The Hall–Kier alpha value is -2.16. The molecule has 0 saturated carbocycles. The fourth-order valence-corrected chi connectivity index (χ4v) is 3.60. The van der Waals surface area contributed by atoms with Gasteiger partial charge in [0.15, 0.2) is 11.6 Å². The van der Waals surface area contributed by atoms with Gasteiger partial charge in [-0.05, 0) is 31.8 Å². The van der Waals surface area contributed by atoms with Crippen molar-refractivity contribution in [2.45, 2.75) is 56.6 Å². The van der Waals surface area contributed by atoms with Crippen LogP contribution in [0.15, 0.2) is 12.2 Å². The molecule has 34 heavy (non-hydrogen) atoms. The van der Waals surface area contributed by atoms with Crippen LogP contribution in [0.2, 0.25) is 0 Å². The number of aliphatic hydroxyl groups is 1. The summed E-state index contributed by atoms with van der Waals surface area (Å²) in [6.07, 6.45) is 4.30. The number of Topliss-reactive ketones (excluding diaryl/α,β-unsaturated/α-hetero) is 2. The van der Waals surface area contributed by atoms with E-state index in [4.69, 9.17) is 11.5 Å².